The van der Waals surface area contributed by atoms with E-state index in [1.165, 1.54) is 0 Å². The fraction of sp³-hybridized carbons (Fsp3) is 0.667. The lowest BCUT2D eigenvalue weighted by Crippen LogP contribution is -2.67. The molecule has 2 aliphatic rings. The Morgan fingerprint density at radius 3 is 2.39 bits per heavy atom. The fourth-order valence-electron chi connectivity index (χ4n) is 4.38. The number of likely N-dealkylation sites (tertiary alicyclic amines) is 1. The van der Waals surface area contributed by atoms with E-state index in [1.54, 1.807) is 24.5 Å². The Bertz CT molecular complexity index is 816. The predicted molar refractivity (Wildman–Crippen MR) is 117 cm³/mol. The number of nitrogens with two attached hydrogens (primary N) is 2. The minimum atomic E-state index is -2.20. The number of urea groups is 1. The summed E-state index contributed by atoms with van der Waals surface area (Å²) >= 11 is -1.51. The highest BCUT2D eigenvalue weighted by Crippen LogP contribution is 2.47. The number of rotatable bonds is 8. The molecule has 0 radical (unpaired) electrons. The molecule has 1 aromatic rings. The number of carbonyl (C=O) groups excluding carboxylic acids is 2. The fourth-order valence-corrected chi connectivity index (χ4v) is 5.37. The molecule has 0 spiro atoms. The number of hydrogen-bond donors (Lipinski definition) is 4. The SMILES string of the molecule is CC(C)(C)[S@@+]([O-])NC(CCC1CC1)(c1ccncc1)C1CCC(O)(C(N)=O)N1C(N)=O. The lowest BCUT2D eigenvalue weighted by atomic mass is 9.78. The van der Waals surface area contributed by atoms with Gasteiger partial charge in [-0.1, -0.05) is 12.8 Å². The van der Waals surface area contributed by atoms with Gasteiger partial charge >= 0.3 is 6.03 Å². The van der Waals surface area contributed by atoms with Crippen molar-refractivity contribution in [3.63, 3.8) is 0 Å². The monoisotopic (exact) mass is 451 g/mol. The second kappa shape index (κ2) is 8.57. The number of primary amides is 2. The van der Waals surface area contributed by atoms with Gasteiger partial charge in [-0.15, -0.1) is 4.72 Å². The Morgan fingerprint density at radius 2 is 1.90 bits per heavy atom. The summed E-state index contributed by atoms with van der Waals surface area (Å²) in [5.74, 6) is -0.471. The van der Waals surface area contributed by atoms with E-state index in [9.17, 15) is 19.2 Å². The van der Waals surface area contributed by atoms with Crippen molar-refractivity contribution in [2.45, 2.75) is 81.3 Å². The second-order valence-corrected chi connectivity index (χ2v) is 11.6. The van der Waals surface area contributed by atoms with Crippen LogP contribution in [0.15, 0.2) is 24.5 Å². The molecule has 0 bridgehead atoms. The van der Waals surface area contributed by atoms with Crippen LogP contribution in [0.25, 0.3) is 0 Å². The molecule has 31 heavy (non-hydrogen) atoms. The molecule has 2 fully saturated rings. The molecule has 2 heterocycles. The van der Waals surface area contributed by atoms with Gasteiger partial charge in [0.05, 0.1) is 6.04 Å². The quantitative estimate of drug-likeness (QED) is 0.435. The first-order valence-corrected chi connectivity index (χ1v) is 11.8. The molecule has 3 amide bonds. The van der Waals surface area contributed by atoms with E-state index >= 15 is 0 Å². The van der Waals surface area contributed by atoms with Crippen LogP contribution in [0.2, 0.25) is 0 Å². The van der Waals surface area contributed by atoms with E-state index in [0.717, 1.165) is 29.7 Å². The molecule has 3 rings (SSSR count). The number of aliphatic hydroxyl groups is 1. The number of amides is 3. The summed E-state index contributed by atoms with van der Waals surface area (Å²) < 4.78 is 16.1. The van der Waals surface area contributed by atoms with Crippen LogP contribution in [0.5, 0.6) is 0 Å². The predicted octanol–water partition coefficient (Wildman–Crippen LogP) is 1.24. The third kappa shape index (κ3) is 4.67. The number of pyridine rings is 1. The molecular weight excluding hydrogens is 418 g/mol. The molecule has 1 aliphatic carbocycles. The van der Waals surface area contributed by atoms with Crippen molar-refractivity contribution in [2.75, 3.05) is 0 Å². The van der Waals surface area contributed by atoms with Gasteiger partial charge in [-0.2, -0.15) is 0 Å². The zero-order valence-electron chi connectivity index (χ0n) is 18.3. The first-order valence-electron chi connectivity index (χ1n) is 10.6. The van der Waals surface area contributed by atoms with Gasteiger partial charge in [0.2, 0.25) is 5.72 Å². The Hall–Kier alpha value is -1.88. The summed E-state index contributed by atoms with van der Waals surface area (Å²) in [5.41, 5.74) is 8.70. The Morgan fingerprint density at radius 1 is 1.29 bits per heavy atom. The van der Waals surface area contributed by atoms with Crippen molar-refractivity contribution < 1.29 is 19.2 Å². The number of nitrogens with zero attached hydrogens (tertiary/aromatic N) is 2. The largest absolute Gasteiger partial charge is 0.598 e. The average molecular weight is 452 g/mol. The Balaban J connectivity index is 2.14. The second-order valence-electron chi connectivity index (χ2n) is 9.62. The number of carbonyl (C=O) groups is 2. The van der Waals surface area contributed by atoms with E-state index in [0.29, 0.717) is 12.3 Å². The molecule has 10 heteroatoms. The minimum Gasteiger partial charge on any atom is -0.598 e. The lowest BCUT2D eigenvalue weighted by Gasteiger charge is -2.46. The smallest absolute Gasteiger partial charge is 0.317 e. The topological polar surface area (TPSA) is 158 Å². The lowest BCUT2D eigenvalue weighted by molar-refractivity contribution is -0.151. The average Bonchev–Trinajstić information content (AvgIpc) is 3.45. The summed E-state index contributed by atoms with van der Waals surface area (Å²) in [5, 5.41) is 11.0. The van der Waals surface area contributed by atoms with Crippen LogP contribution in [-0.2, 0) is 21.7 Å². The molecule has 3 unspecified atom stereocenters. The maximum Gasteiger partial charge on any atom is 0.317 e. The Kier molecular flexibility index (Phi) is 6.57. The molecule has 1 saturated heterocycles. The van der Waals surface area contributed by atoms with Gasteiger partial charge in [-0.05, 0) is 63.6 Å². The number of nitrogens with one attached hydrogen (secondary N) is 1. The van der Waals surface area contributed by atoms with E-state index in [-0.39, 0.29) is 12.8 Å². The summed E-state index contributed by atoms with van der Waals surface area (Å²) in [6.07, 6.45) is 7.13. The van der Waals surface area contributed by atoms with Crippen molar-refractivity contribution in [2.24, 2.45) is 17.4 Å². The first-order chi connectivity index (χ1) is 14.4. The van der Waals surface area contributed by atoms with Crippen LogP contribution in [0.1, 0.15) is 64.9 Å². The maximum absolute atomic E-state index is 13.3. The highest BCUT2D eigenvalue weighted by Gasteiger charge is 2.60. The van der Waals surface area contributed by atoms with Crippen molar-refractivity contribution in [3.8, 4) is 0 Å². The summed E-state index contributed by atoms with van der Waals surface area (Å²) in [7, 11) is 0. The standard InChI is InChI=1S/C21H33N5O4S/c1-19(2,3)31(30)25-20(10-6-14-4-5-14,15-8-12-24-13-9-15)16-7-11-21(29,17(22)27)26(16)18(23)28/h8-9,12-14,16,25,29H,4-7,10-11H2,1-3H3,(H2,22,27)(H2,23,28)/t16?,20?,21?,31-/m1/s1. The van der Waals surface area contributed by atoms with Gasteiger partial charge in [-0.25, -0.2) is 4.79 Å². The van der Waals surface area contributed by atoms with Crippen molar-refractivity contribution in [1.82, 2.24) is 14.6 Å². The van der Waals surface area contributed by atoms with Gasteiger partial charge in [0.1, 0.15) is 10.3 Å². The normalized spacial score (nSPS) is 27.0. The third-order valence-electron chi connectivity index (χ3n) is 6.35. The zero-order chi connectivity index (χ0) is 23.0. The molecule has 1 aromatic heterocycles. The number of hydrogen-bond acceptors (Lipinski definition) is 6. The number of aromatic nitrogens is 1. The maximum atomic E-state index is 13.3. The highest BCUT2D eigenvalue weighted by molar-refractivity contribution is 7.90. The zero-order valence-corrected chi connectivity index (χ0v) is 19.2. The Labute approximate surface area is 186 Å². The van der Waals surface area contributed by atoms with Crippen LogP contribution in [0.4, 0.5) is 4.79 Å². The van der Waals surface area contributed by atoms with Crippen molar-refractivity contribution in [1.29, 1.82) is 0 Å². The van der Waals surface area contributed by atoms with Crippen molar-refractivity contribution in [3.05, 3.63) is 30.1 Å². The van der Waals surface area contributed by atoms with Crippen LogP contribution in [0, 0.1) is 5.92 Å². The molecule has 172 valence electrons. The van der Waals surface area contributed by atoms with Crippen molar-refractivity contribution >= 4 is 23.3 Å². The van der Waals surface area contributed by atoms with Crippen LogP contribution < -0.4 is 16.2 Å². The minimum absolute atomic E-state index is 0.0456. The molecule has 6 N–H and O–H groups in total. The van der Waals surface area contributed by atoms with Crippen LogP contribution in [-0.4, -0.2) is 48.0 Å². The van der Waals surface area contributed by atoms with Crippen LogP contribution in [0.3, 0.4) is 0 Å². The summed E-state index contributed by atoms with van der Waals surface area (Å²) in [4.78, 5) is 29.7. The molecule has 0 aromatic carbocycles. The van der Waals surface area contributed by atoms with Gasteiger partial charge < -0.3 is 21.1 Å². The van der Waals surface area contributed by atoms with Gasteiger partial charge in [0.15, 0.2) is 0 Å². The van der Waals surface area contributed by atoms with Gasteiger partial charge in [0, 0.05) is 30.2 Å². The summed E-state index contributed by atoms with van der Waals surface area (Å²) in [6, 6.07) is 1.94. The van der Waals surface area contributed by atoms with E-state index in [2.05, 4.69) is 9.71 Å². The van der Waals surface area contributed by atoms with E-state index in [4.69, 9.17) is 11.5 Å². The molecular formula is C21H33N5O4S. The van der Waals surface area contributed by atoms with Crippen LogP contribution >= 0.6 is 0 Å². The highest BCUT2D eigenvalue weighted by atomic mass is 32.2. The summed E-state index contributed by atoms with van der Waals surface area (Å²) in [6.45, 7) is 5.57. The third-order valence-corrected chi connectivity index (χ3v) is 8.01. The molecule has 1 saturated carbocycles. The van der Waals surface area contributed by atoms with E-state index in [1.807, 2.05) is 20.8 Å². The van der Waals surface area contributed by atoms with Gasteiger partial charge in [-0.3, -0.25) is 14.7 Å². The first kappa shape index (κ1) is 23.8. The van der Waals surface area contributed by atoms with Gasteiger partial charge in [0.25, 0.3) is 5.91 Å². The molecule has 9 nitrogen and oxygen atoms in total. The molecule has 4 atom stereocenters. The molecule has 1 aliphatic heterocycles. The van der Waals surface area contributed by atoms with E-state index < -0.39 is 45.4 Å².